The summed E-state index contributed by atoms with van der Waals surface area (Å²) >= 11 is 0. The Morgan fingerprint density at radius 1 is 1.29 bits per heavy atom. The summed E-state index contributed by atoms with van der Waals surface area (Å²) in [6, 6.07) is 0.235. The summed E-state index contributed by atoms with van der Waals surface area (Å²) in [6.45, 7) is 8.22. The molecule has 2 N–H and O–H groups in total. The number of carbonyl (C=O) groups excluding carboxylic acids is 1. The normalized spacial score (nSPS) is 22.3. The molecule has 5 nitrogen and oxygen atoms in total. The smallest absolute Gasteiger partial charge is 0.317 e. The molecule has 1 saturated carbocycles. The standard InChI is InChI=1S/C16H31N3O2/c1-12(2)10-19-8-6-14(7-9-19)17-16(21)18(3)11-15(20)13-4-5-13/h12-15,20H,4-11H2,1-3H3,(H,17,21). The Morgan fingerprint density at radius 2 is 1.90 bits per heavy atom. The summed E-state index contributed by atoms with van der Waals surface area (Å²) in [7, 11) is 1.77. The second-order valence-corrected chi connectivity index (χ2v) is 7.20. The van der Waals surface area contributed by atoms with Crippen molar-refractivity contribution < 1.29 is 9.90 Å². The highest BCUT2D eigenvalue weighted by molar-refractivity contribution is 5.74. The number of carbonyl (C=O) groups is 1. The molecule has 2 amide bonds. The molecule has 0 radical (unpaired) electrons. The number of likely N-dealkylation sites (N-methyl/N-ethyl adjacent to an activating group) is 1. The summed E-state index contributed by atoms with van der Waals surface area (Å²) in [5.41, 5.74) is 0. The van der Waals surface area contributed by atoms with Crippen LogP contribution < -0.4 is 5.32 Å². The second kappa shape index (κ2) is 7.45. The van der Waals surface area contributed by atoms with Crippen LogP contribution >= 0.6 is 0 Å². The molecule has 2 fully saturated rings. The van der Waals surface area contributed by atoms with E-state index in [0.717, 1.165) is 45.3 Å². The van der Waals surface area contributed by atoms with E-state index in [0.29, 0.717) is 18.4 Å². The lowest BCUT2D eigenvalue weighted by Crippen LogP contribution is -2.50. The predicted octanol–water partition coefficient (Wildman–Crippen LogP) is 1.52. The fraction of sp³-hybridized carbons (Fsp3) is 0.938. The van der Waals surface area contributed by atoms with E-state index >= 15 is 0 Å². The molecule has 5 heteroatoms. The molecule has 2 aliphatic rings. The van der Waals surface area contributed by atoms with Crippen LogP contribution in [0.5, 0.6) is 0 Å². The lowest BCUT2D eigenvalue weighted by Gasteiger charge is -2.34. The van der Waals surface area contributed by atoms with Gasteiger partial charge >= 0.3 is 6.03 Å². The second-order valence-electron chi connectivity index (χ2n) is 7.20. The molecule has 122 valence electrons. The van der Waals surface area contributed by atoms with E-state index in [4.69, 9.17) is 0 Å². The highest BCUT2D eigenvalue weighted by atomic mass is 16.3. The van der Waals surface area contributed by atoms with Crippen molar-refractivity contribution in [1.29, 1.82) is 0 Å². The molecule has 21 heavy (non-hydrogen) atoms. The van der Waals surface area contributed by atoms with E-state index in [9.17, 15) is 9.90 Å². The van der Waals surface area contributed by atoms with Crippen molar-refractivity contribution in [1.82, 2.24) is 15.1 Å². The molecular formula is C16H31N3O2. The Morgan fingerprint density at radius 3 is 2.43 bits per heavy atom. The van der Waals surface area contributed by atoms with Gasteiger partial charge in [-0.25, -0.2) is 4.79 Å². The third kappa shape index (κ3) is 5.47. The van der Waals surface area contributed by atoms with Gasteiger partial charge in [0.15, 0.2) is 0 Å². The predicted molar refractivity (Wildman–Crippen MR) is 84.2 cm³/mol. The van der Waals surface area contributed by atoms with Gasteiger partial charge in [0.2, 0.25) is 0 Å². The minimum Gasteiger partial charge on any atom is -0.391 e. The fourth-order valence-electron chi connectivity index (χ4n) is 3.05. The van der Waals surface area contributed by atoms with Crippen molar-refractivity contribution in [3.8, 4) is 0 Å². The van der Waals surface area contributed by atoms with Gasteiger partial charge in [0.05, 0.1) is 6.10 Å². The van der Waals surface area contributed by atoms with Crippen molar-refractivity contribution >= 4 is 6.03 Å². The Hall–Kier alpha value is -0.810. The van der Waals surface area contributed by atoms with Gasteiger partial charge in [0.1, 0.15) is 0 Å². The van der Waals surface area contributed by atoms with Gasteiger partial charge in [0.25, 0.3) is 0 Å². The maximum atomic E-state index is 12.1. The Balaban J connectivity index is 1.66. The average Bonchev–Trinajstić information content (AvgIpc) is 3.24. The van der Waals surface area contributed by atoms with Crippen LogP contribution in [0.4, 0.5) is 4.79 Å². The van der Waals surface area contributed by atoms with Gasteiger partial charge in [-0.05, 0) is 37.5 Å². The first-order valence-electron chi connectivity index (χ1n) is 8.37. The summed E-state index contributed by atoms with van der Waals surface area (Å²) in [6.07, 6.45) is 3.90. The van der Waals surface area contributed by atoms with Gasteiger partial charge in [-0.15, -0.1) is 0 Å². The van der Waals surface area contributed by atoms with E-state index in [1.54, 1.807) is 11.9 Å². The van der Waals surface area contributed by atoms with Crippen LogP contribution in [0.25, 0.3) is 0 Å². The Bertz CT molecular complexity index is 336. The van der Waals surface area contributed by atoms with Crippen molar-refractivity contribution in [2.45, 2.75) is 51.7 Å². The highest BCUT2D eigenvalue weighted by Crippen LogP contribution is 2.32. The fourth-order valence-corrected chi connectivity index (χ4v) is 3.05. The molecule has 1 saturated heterocycles. The third-order valence-electron chi connectivity index (χ3n) is 4.51. The van der Waals surface area contributed by atoms with Gasteiger partial charge in [-0.1, -0.05) is 13.8 Å². The average molecular weight is 297 g/mol. The molecule has 1 atom stereocenters. The van der Waals surface area contributed by atoms with Crippen LogP contribution in [0, 0.1) is 11.8 Å². The zero-order valence-electron chi connectivity index (χ0n) is 13.7. The van der Waals surface area contributed by atoms with Gasteiger partial charge < -0.3 is 20.2 Å². The first kappa shape index (κ1) is 16.6. The van der Waals surface area contributed by atoms with Gasteiger partial charge in [-0.2, -0.15) is 0 Å². The van der Waals surface area contributed by atoms with Crippen LogP contribution in [0.15, 0.2) is 0 Å². The third-order valence-corrected chi connectivity index (χ3v) is 4.51. The number of rotatable bonds is 6. The van der Waals surface area contributed by atoms with Crippen molar-refractivity contribution in [3.63, 3.8) is 0 Å². The van der Waals surface area contributed by atoms with E-state index in [2.05, 4.69) is 24.1 Å². The first-order valence-corrected chi connectivity index (χ1v) is 8.37. The zero-order valence-corrected chi connectivity index (χ0v) is 13.7. The van der Waals surface area contributed by atoms with Crippen molar-refractivity contribution in [2.24, 2.45) is 11.8 Å². The topological polar surface area (TPSA) is 55.8 Å². The van der Waals surface area contributed by atoms with Crippen LogP contribution in [-0.2, 0) is 0 Å². The summed E-state index contributed by atoms with van der Waals surface area (Å²) in [5, 5.41) is 13.0. The number of aliphatic hydroxyl groups is 1. The van der Waals surface area contributed by atoms with Crippen LogP contribution in [0.3, 0.4) is 0 Å². The van der Waals surface area contributed by atoms with Crippen LogP contribution in [0.1, 0.15) is 39.5 Å². The minimum atomic E-state index is -0.353. The summed E-state index contributed by atoms with van der Waals surface area (Å²) in [5.74, 6) is 1.12. The van der Waals surface area contributed by atoms with E-state index in [-0.39, 0.29) is 18.2 Å². The quantitative estimate of drug-likeness (QED) is 0.781. The molecule has 0 bridgehead atoms. The number of hydrogen-bond acceptors (Lipinski definition) is 3. The Kier molecular flexibility index (Phi) is 5.88. The molecule has 1 heterocycles. The van der Waals surface area contributed by atoms with E-state index < -0.39 is 0 Å². The molecule has 0 aromatic carbocycles. The molecular weight excluding hydrogens is 266 g/mol. The number of nitrogens with one attached hydrogen (secondary N) is 1. The van der Waals surface area contributed by atoms with Crippen molar-refractivity contribution in [2.75, 3.05) is 33.2 Å². The number of likely N-dealkylation sites (tertiary alicyclic amines) is 1. The lowest BCUT2D eigenvalue weighted by molar-refractivity contribution is 0.110. The molecule has 1 aliphatic heterocycles. The number of nitrogens with zero attached hydrogens (tertiary/aromatic N) is 2. The Labute approximate surface area is 128 Å². The van der Waals surface area contributed by atoms with E-state index in [1.807, 2.05) is 0 Å². The van der Waals surface area contributed by atoms with Crippen LogP contribution in [0.2, 0.25) is 0 Å². The number of amides is 2. The zero-order chi connectivity index (χ0) is 15.4. The first-order chi connectivity index (χ1) is 9.95. The summed E-state index contributed by atoms with van der Waals surface area (Å²) in [4.78, 5) is 16.2. The molecule has 0 spiro atoms. The number of aliphatic hydroxyl groups excluding tert-OH is 1. The highest BCUT2D eigenvalue weighted by Gasteiger charge is 2.31. The number of hydrogen-bond donors (Lipinski definition) is 2. The molecule has 0 aromatic rings. The molecule has 1 unspecified atom stereocenters. The molecule has 1 aliphatic carbocycles. The van der Waals surface area contributed by atoms with Gasteiger partial charge in [-0.3, -0.25) is 0 Å². The maximum absolute atomic E-state index is 12.1. The number of piperidine rings is 1. The van der Waals surface area contributed by atoms with Gasteiger partial charge in [0, 0.05) is 39.3 Å². The largest absolute Gasteiger partial charge is 0.391 e. The van der Waals surface area contributed by atoms with Crippen molar-refractivity contribution in [3.05, 3.63) is 0 Å². The van der Waals surface area contributed by atoms with Crippen LogP contribution in [-0.4, -0.2) is 66.3 Å². The monoisotopic (exact) mass is 297 g/mol. The maximum Gasteiger partial charge on any atom is 0.317 e. The minimum absolute atomic E-state index is 0.0444. The number of urea groups is 1. The SMILES string of the molecule is CC(C)CN1CCC(NC(=O)N(C)CC(O)C2CC2)CC1. The molecule has 2 rings (SSSR count). The molecule has 0 aromatic heterocycles. The lowest BCUT2D eigenvalue weighted by atomic mass is 10.0. The van der Waals surface area contributed by atoms with E-state index in [1.165, 1.54) is 0 Å². The summed E-state index contributed by atoms with van der Waals surface area (Å²) < 4.78 is 0.